The van der Waals surface area contributed by atoms with Gasteiger partial charge in [-0.05, 0) is 32.3 Å². The number of aromatic nitrogens is 1. The summed E-state index contributed by atoms with van der Waals surface area (Å²) in [4.78, 5) is 17.6. The molecule has 21 heavy (non-hydrogen) atoms. The van der Waals surface area contributed by atoms with Gasteiger partial charge in [0.05, 0.1) is 6.61 Å². The maximum Gasteiger partial charge on any atom is 0.358 e. The van der Waals surface area contributed by atoms with Crippen LogP contribution >= 0.6 is 11.3 Å². The van der Waals surface area contributed by atoms with E-state index in [0.29, 0.717) is 12.3 Å². The third kappa shape index (κ3) is 2.38. The Kier molecular flexibility index (Phi) is 3.81. The molecule has 0 amide bonds. The van der Waals surface area contributed by atoms with Crippen LogP contribution in [0.5, 0.6) is 0 Å². The SMILES string of the molecule is CCOC(=O)c1nc(C2(c3ccccc3)CCC2)sc1C. The Morgan fingerprint density at radius 2 is 2.05 bits per heavy atom. The smallest absolute Gasteiger partial charge is 0.358 e. The molecule has 3 rings (SSSR count). The van der Waals surface area contributed by atoms with Crippen LogP contribution in [0, 0.1) is 6.92 Å². The fourth-order valence-corrected chi connectivity index (χ4v) is 4.07. The Labute approximate surface area is 129 Å². The Morgan fingerprint density at radius 3 is 2.62 bits per heavy atom. The topological polar surface area (TPSA) is 39.2 Å². The van der Waals surface area contributed by atoms with Crippen LogP contribution < -0.4 is 0 Å². The Balaban J connectivity index is 2.00. The molecule has 1 aliphatic carbocycles. The van der Waals surface area contributed by atoms with Crippen molar-refractivity contribution in [3.05, 3.63) is 51.5 Å². The van der Waals surface area contributed by atoms with Crippen molar-refractivity contribution in [2.24, 2.45) is 0 Å². The van der Waals surface area contributed by atoms with E-state index in [9.17, 15) is 4.79 Å². The zero-order valence-corrected chi connectivity index (χ0v) is 13.2. The Hall–Kier alpha value is -1.68. The Bertz CT molecular complexity index is 644. The van der Waals surface area contributed by atoms with Crippen molar-refractivity contribution in [2.45, 2.75) is 38.5 Å². The molecular formula is C17H19NO2S. The first-order chi connectivity index (χ1) is 10.2. The standard InChI is InChI=1S/C17H19NO2S/c1-3-20-15(19)14-12(2)21-16(18-14)17(10-7-11-17)13-8-5-4-6-9-13/h4-6,8-9H,3,7,10-11H2,1-2H3. The van der Waals surface area contributed by atoms with Gasteiger partial charge in [-0.2, -0.15) is 0 Å². The van der Waals surface area contributed by atoms with Crippen LogP contribution in [0.15, 0.2) is 30.3 Å². The summed E-state index contributed by atoms with van der Waals surface area (Å²) in [6, 6.07) is 10.5. The van der Waals surface area contributed by atoms with E-state index in [4.69, 9.17) is 4.74 Å². The van der Waals surface area contributed by atoms with Gasteiger partial charge in [-0.25, -0.2) is 9.78 Å². The highest BCUT2D eigenvalue weighted by Crippen LogP contribution is 2.50. The van der Waals surface area contributed by atoms with Gasteiger partial charge in [0.1, 0.15) is 5.01 Å². The minimum absolute atomic E-state index is 0.00142. The number of ether oxygens (including phenoxy) is 1. The first kappa shape index (κ1) is 14.3. The van der Waals surface area contributed by atoms with Crippen LogP contribution in [-0.4, -0.2) is 17.6 Å². The number of rotatable bonds is 4. The van der Waals surface area contributed by atoms with Crippen molar-refractivity contribution in [2.75, 3.05) is 6.61 Å². The van der Waals surface area contributed by atoms with Crippen LogP contribution in [0.4, 0.5) is 0 Å². The van der Waals surface area contributed by atoms with E-state index in [-0.39, 0.29) is 11.4 Å². The van der Waals surface area contributed by atoms with Gasteiger partial charge in [-0.3, -0.25) is 0 Å². The van der Waals surface area contributed by atoms with Gasteiger partial charge < -0.3 is 4.74 Å². The number of hydrogen-bond donors (Lipinski definition) is 0. The third-order valence-electron chi connectivity index (χ3n) is 4.21. The lowest BCUT2D eigenvalue weighted by Gasteiger charge is -2.40. The van der Waals surface area contributed by atoms with Gasteiger partial charge in [0, 0.05) is 10.3 Å². The number of aryl methyl sites for hydroxylation is 1. The lowest BCUT2D eigenvalue weighted by Crippen LogP contribution is -2.35. The van der Waals surface area contributed by atoms with E-state index < -0.39 is 0 Å². The maximum atomic E-state index is 12.0. The summed E-state index contributed by atoms with van der Waals surface area (Å²) in [5.74, 6) is -0.306. The molecule has 4 heteroatoms. The highest BCUT2D eigenvalue weighted by Gasteiger charge is 2.43. The van der Waals surface area contributed by atoms with Gasteiger partial charge in [0.2, 0.25) is 0 Å². The molecule has 0 unspecified atom stereocenters. The summed E-state index contributed by atoms with van der Waals surface area (Å²) in [6.07, 6.45) is 3.42. The number of carbonyl (C=O) groups is 1. The molecule has 1 aliphatic rings. The van der Waals surface area contributed by atoms with Crippen LogP contribution in [0.3, 0.4) is 0 Å². The van der Waals surface area contributed by atoms with E-state index in [0.717, 1.165) is 22.7 Å². The number of esters is 1. The van der Waals surface area contributed by atoms with Gasteiger partial charge in [-0.1, -0.05) is 36.8 Å². The molecule has 0 radical (unpaired) electrons. The molecule has 2 aromatic rings. The molecule has 1 aromatic carbocycles. The molecule has 1 heterocycles. The number of carbonyl (C=O) groups excluding carboxylic acids is 1. The van der Waals surface area contributed by atoms with Crippen LogP contribution in [-0.2, 0) is 10.2 Å². The second-order valence-corrected chi connectivity index (χ2v) is 6.65. The second-order valence-electron chi connectivity index (χ2n) is 5.45. The first-order valence-electron chi connectivity index (χ1n) is 7.38. The van der Waals surface area contributed by atoms with E-state index in [1.54, 1.807) is 11.3 Å². The summed E-state index contributed by atoms with van der Waals surface area (Å²) in [7, 11) is 0. The second kappa shape index (κ2) is 5.60. The average Bonchev–Trinajstić information content (AvgIpc) is 2.81. The minimum Gasteiger partial charge on any atom is -0.461 e. The van der Waals surface area contributed by atoms with E-state index in [1.807, 2.05) is 19.9 Å². The van der Waals surface area contributed by atoms with Crippen LogP contribution in [0.25, 0.3) is 0 Å². The molecule has 0 N–H and O–H groups in total. The molecular weight excluding hydrogens is 282 g/mol. The summed E-state index contributed by atoms with van der Waals surface area (Å²) in [5, 5.41) is 1.06. The van der Waals surface area contributed by atoms with Crippen molar-refractivity contribution in [1.82, 2.24) is 4.98 Å². The first-order valence-corrected chi connectivity index (χ1v) is 8.19. The quantitative estimate of drug-likeness (QED) is 0.798. The predicted octanol–water partition coefficient (Wildman–Crippen LogP) is 4.10. The molecule has 0 spiro atoms. The summed E-state index contributed by atoms with van der Waals surface area (Å²) < 4.78 is 5.10. The predicted molar refractivity (Wildman–Crippen MR) is 83.9 cm³/mol. The van der Waals surface area contributed by atoms with Crippen molar-refractivity contribution < 1.29 is 9.53 Å². The normalized spacial score (nSPS) is 16.3. The van der Waals surface area contributed by atoms with Crippen molar-refractivity contribution in [3.8, 4) is 0 Å². The highest BCUT2D eigenvalue weighted by atomic mass is 32.1. The molecule has 110 valence electrons. The lowest BCUT2D eigenvalue weighted by molar-refractivity contribution is 0.0519. The number of hydrogen-bond acceptors (Lipinski definition) is 4. The maximum absolute atomic E-state index is 12.0. The number of benzene rings is 1. The largest absolute Gasteiger partial charge is 0.461 e. The summed E-state index contributed by atoms with van der Waals surface area (Å²) >= 11 is 1.63. The molecule has 1 saturated carbocycles. The lowest BCUT2D eigenvalue weighted by atomic mass is 9.65. The highest BCUT2D eigenvalue weighted by molar-refractivity contribution is 7.12. The fraction of sp³-hybridized carbons (Fsp3) is 0.412. The zero-order valence-electron chi connectivity index (χ0n) is 12.4. The van der Waals surface area contributed by atoms with E-state index in [1.165, 1.54) is 12.0 Å². The molecule has 0 saturated heterocycles. The number of nitrogens with zero attached hydrogens (tertiary/aromatic N) is 1. The monoisotopic (exact) mass is 301 g/mol. The molecule has 3 nitrogen and oxygen atoms in total. The molecule has 0 bridgehead atoms. The molecule has 1 aromatic heterocycles. The van der Waals surface area contributed by atoms with Gasteiger partial charge in [-0.15, -0.1) is 11.3 Å². The zero-order chi connectivity index (χ0) is 14.9. The molecule has 1 fully saturated rings. The van der Waals surface area contributed by atoms with Gasteiger partial charge in [0.25, 0.3) is 0 Å². The fourth-order valence-electron chi connectivity index (χ4n) is 2.90. The van der Waals surface area contributed by atoms with Gasteiger partial charge >= 0.3 is 5.97 Å². The third-order valence-corrected chi connectivity index (χ3v) is 5.38. The summed E-state index contributed by atoms with van der Waals surface area (Å²) in [6.45, 7) is 4.15. The van der Waals surface area contributed by atoms with Crippen molar-refractivity contribution in [1.29, 1.82) is 0 Å². The Morgan fingerprint density at radius 1 is 1.33 bits per heavy atom. The number of thiazole rings is 1. The average molecular weight is 301 g/mol. The molecule has 0 atom stereocenters. The minimum atomic E-state index is -0.306. The van der Waals surface area contributed by atoms with E-state index in [2.05, 4.69) is 29.2 Å². The van der Waals surface area contributed by atoms with Crippen LogP contribution in [0.1, 0.15) is 52.1 Å². The van der Waals surface area contributed by atoms with Crippen molar-refractivity contribution in [3.63, 3.8) is 0 Å². The van der Waals surface area contributed by atoms with Gasteiger partial charge in [0.15, 0.2) is 5.69 Å². The van der Waals surface area contributed by atoms with Crippen LogP contribution in [0.2, 0.25) is 0 Å². The summed E-state index contributed by atoms with van der Waals surface area (Å²) in [5.41, 5.74) is 1.79. The van der Waals surface area contributed by atoms with E-state index >= 15 is 0 Å². The molecule has 0 aliphatic heterocycles. The van der Waals surface area contributed by atoms with Crippen molar-refractivity contribution >= 4 is 17.3 Å².